The number of hydrogen-bond acceptors (Lipinski definition) is 5. The van der Waals surface area contributed by atoms with Gasteiger partial charge in [-0.05, 0) is 25.0 Å². The van der Waals surface area contributed by atoms with Crippen molar-refractivity contribution in [3.8, 4) is 0 Å². The Balaban J connectivity index is 1.26. The molecule has 0 spiro atoms. The van der Waals surface area contributed by atoms with E-state index in [1.54, 1.807) is 6.33 Å². The molecule has 0 bridgehead atoms. The number of benzene rings is 1. The van der Waals surface area contributed by atoms with Gasteiger partial charge in [0.05, 0.1) is 30.0 Å². The van der Waals surface area contributed by atoms with Crippen LogP contribution >= 0.6 is 0 Å². The number of nitrogens with zero attached hydrogens (tertiary/aromatic N) is 4. The molecule has 2 fully saturated rings. The Morgan fingerprint density at radius 3 is 2.81 bits per heavy atom. The van der Waals surface area contributed by atoms with Crippen LogP contribution in [0.1, 0.15) is 12.8 Å². The number of piperazine rings is 1. The van der Waals surface area contributed by atoms with Crippen LogP contribution in [0.25, 0.3) is 11.0 Å². The highest BCUT2D eigenvalue weighted by atomic mass is 16.5. The SMILES string of the molecule is O=C(C1CCCO1)N1CCN(CC(O)Cn2cnc3ccccc32)CC1. The van der Waals surface area contributed by atoms with Crippen molar-refractivity contribution in [1.29, 1.82) is 0 Å². The molecule has 0 saturated carbocycles. The predicted molar refractivity (Wildman–Crippen MR) is 97.7 cm³/mol. The molecule has 2 aliphatic rings. The Labute approximate surface area is 153 Å². The third-order valence-corrected chi connectivity index (χ3v) is 5.29. The second kappa shape index (κ2) is 7.73. The molecule has 7 heteroatoms. The van der Waals surface area contributed by atoms with Crippen LogP contribution in [0.3, 0.4) is 0 Å². The first kappa shape index (κ1) is 17.5. The number of ether oxygens (including phenoxy) is 1. The van der Waals surface area contributed by atoms with Crippen molar-refractivity contribution in [1.82, 2.24) is 19.4 Å². The first-order chi connectivity index (χ1) is 12.7. The van der Waals surface area contributed by atoms with E-state index in [2.05, 4.69) is 9.88 Å². The summed E-state index contributed by atoms with van der Waals surface area (Å²) in [4.78, 5) is 20.9. The minimum atomic E-state index is -0.465. The Morgan fingerprint density at radius 2 is 2.04 bits per heavy atom. The maximum Gasteiger partial charge on any atom is 0.251 e. The van der Waals surface area contributed by atoms with E-state index in [0.29, 0.717) is 32.8 Å². The molecule has 140 valence electrons. The van der Waals surface area contributed by atoms with E-state index in [4.69, 9.17) is 4.74 Å². The van der Waals surface area contributed by atoms with E-state index < -0.39 is 6.10 Å². The van der Waals surface area contributed by atoms with Gasteiger partial charge in [-0.15, -0.1) is 0 Å². The van der Waals surface area contributed by atoms with Crippen LogP contribution in [-0.2, 0) is 16.1 Å². The summed E-state index contributed by atoms with van der Waals surface area (Å²) in [6.07, 6.45) is 2.91. The quantitative estimate of drug-likeness (QED) is 0.853. The molecule has 1 aromatic carbocycles. The van der Waals surface area contributed by atoms with Gasteiger partial charge in [0.25, 0.3) is 5.91 Å². The highest BCUT2D eigenvalue weighted by Crippen LogP contribution is 2.16. The third kappa shape index (κ3) is 3.75. The number of fused-ring (bicyclic) bond motifs is 1. The zero-order valence-electron chi connectivity index (χ0n) is 15.0. The fourth-order valence-corrected chi connectivity index (χ4v) is 3.87. The number of aliphatic hydroxyl groups excluding tert-OH is 1. The van der Waals surface area contributed by atoms with E-state index >= 15 is 0 Å². The topological polar surface area (TPSA) is 70.8 Å². The maximum absolute atomic E-state index is 12.4. The van der Waals surface area contributed by atoms with Crippen molar-refractivity contribution in [2.24, 2.45) is 0 Å². The van der Waals surface area contributed by atoms with E-state index in [1.807, 2.05) is 33.7 Å². The third-order valence-electron chi connectivity index (χ3n) is 5.29. The van der Waals surface area contributed by atoms with E-state index in [-0.39, 0.29) is 12.0 Å². The summed E-state index contributed by atoms with van der Waals surface area (Å²) in [5.74, 6) is 0.132. The lowest BCUT2D eigenvalue weighted by Gasteiger charge is -2.36. The summed E-state index contributed by atoms with van der Waals surface area (Å²) in [5, 5.41) is 10.5. The average molecular weight is 358 g/mol. The first-order valence-electron chi connectivity index (χ1n) is 9.41. The van der Waals surface area contributed by atoms with Crippen LogP contribution in [0.15, 0.2) is 30.6 Å². The van der Waals surface area contributed by atoms with Gasteiger partial charge in [0.2, 0.25) is 0 Å². The van der Waals surface area contributed by atoms with Crippen LogP contribution in [0.5, 0.6) is 0 Å². The van der Waals surface area contributed by atoms with Crippen molar-refractivity contribution in [3.05, 3.63) is 30.6 Å². The summed E-state index contributed by atoms with van der Waals surface area (Å²) in [7, 11) is 0. The van der Waals surface area contributed by atoms with Crippen molar-refractivity contribution in [3.63, 3.8) is 0 Å². The fraction of sp³-hybridized carbons (Fsp3) is 0.579. The van der Waals surface area contributed by atoms with Gasteiger partial charge < -0.3 is 19.3 Å². The molecule has 7 nitrogen and oxygen atoms in total. The Kier molecular flexibility index (Phi) is 5.19. The van der Waals surface area contributed by atoms with Crippen molar-refractivity contribution in [2.75, 3.05) is 39.3 Å². The molecule has 4 rings (SSSR count). The number of rotatable bonds is 5. The highest BCUT2D eigenvalue weighted by Gasteiger charge is 2.30. The lowest BCUT2D eigenvalue weighted by molar-refractivity contribution is -0.142. The number of aromatic nitrogens is 2. The largest absolute Gasteiger partial charge is 0.390 e. The van der Waals surface area contributed by atoms with Crippen LogP contribution < -0.4 is 0 Å². The van der Waals surface area contributed by atoms with Crippen LogP contribution in [0.2, 0.25) is 0 Å². The molecular weight excluding hydrogens is 332 g/mol. The lowest BCUT2D eigenvalue weighted by atomic mass is 10.2. The van der Waals surface area contributed by atoms with Crippen LogP contribution in [0, 0.1) is 0 Å². The lowest BCUT2D eigenvalue weighted by Crippen LogP contribution is -2.52. The second-order valence-corrected chi connectivity index (χ2v) is 7.17. The summed E-state index contributed by atoms with van der Waals surface area (Å²) in [6, 6.07) is 7.94. The molecule has 2 saturated heterocycles. The Bertz CT molecular complexity index is 748. The van der Waals surface area contributed by atoms with Crippen LogP contribution in [0.4, 0.5) is 0 Å². The van der Waals surface area contributed by atoms with Gasteiger partial charge in [-0.1, -0.05) is 12.1 Å². The van der Waals surface area contributed by atoms with E-state index in [0.717, 1.165) is 37.0 Å². The average Bonchev–Trinajstić information content (AvgIpc) is 3.32. The number of carbonyl (C=O) groups excluding carboxylic acids is 1. The molecule has 0 radical (unpaired) electrons. The number of amides is 1. The monoisotopic (exact) mass is 358 g/mol. The van der Waals surface area contributed by atoms with Gasteiger partial charge in [0.15, 0.2) is 0 Å². The number of hydrogen-bond donors (Lipinski definition) is 1. The normalized spacial score (nSPS) is 22.8. The number of imidazole rings is 1. The maximum atomic E-state index is 12.4. The predicted octanol–water partition coefficient (Wildman–Crippen LogP) is 0.720. The molecular formula is C19H26N4O3. The standard InChI is InChI=1S/C19H26N4O3/c24-15(13-23-14-20-16-4-1-2-5-17(16)23)12-21-7-9-22(10-8-21)19(25)18-6-3-11-26-18/h1-2,4-5,14-15,18,24H,3,6-13H2. The number of aliphatic hydroxyl groups is 1. The fourth-order valence-electron chi connectivity index (χ4n) is 3.87. The Morgan fingerprint density at radius 1 is 1.23 bits per heavy atom. The summed E-state index contributed by atoms with van der Waals surface area (Å²) in [6.45, 7) is 4.83. The van der Waals surface area contributed by atoms with Gasteiger partial charge in [-0.2, -0.15) is 0 Å². The van der Waals surface area contributed by atoms with Gasteiger partial charge >= 0.3 is 0 Å². The smallest absolute Gasteiger partial charge is 0.251 e. The van der Waals surface area contributed by atoms with Crippen molar-refractivity contribution in [2.45, 2.75) is 31.6 Å². The van der Waals surface area contributed by atoms with Crippen molar-refractivity contribution >= 4 is 16.9 Å². The molecule has 2 aromatic rings. The molecule has 1 amide bonds. The summed E-state index contributed by atoms with van der Waals surface area (Å²) >= 11 is 0. The molecule has 1 aromatic heterocycles. The molecule has 2 aliphatic heterocycles. The van der Waals surface area contributed by atoms with Crippen molar-refractivity contribution < 1.29 is 14.6 Å². The minimum absolute atomic E-state index is 0.132. The number of carbonyl (C=O) groups is 1. The molecule has 3 heterocycles. The molecule has 26 heavy (non-hydrogen) atoms. The highest BCUT2D eigenvalue weighted by molar-refractivity contribution is 5.81. The zero-order chi connectivity index (χ0) is 17.9. The summed E-state index contributed by atoms with van der Waals surface area (Å²) in [5.41, 5.74) is 1.99. The molecule has 0 aliphatic carbocycles. The first-order valence-corrected chi connectivity index (χ1v) is 9.41. The van der Waals surface area contributed by atoms with Crippen LogP contribution in [-0.4, -0.2) is 81.9 Å². The number of para-hydroxylation sites is 2. The van der Waals surface area contributed by atoms with Gasteiger partial charge in [-0.3, -0.25) is 9.69 Å². The molecule has 2 unspecified atom stereocenters. The van der Waals surface area contributed by atoms with Gasteiger partial charge in [-0.25, -0.2) is 4.98 Å². The molecule has 1 N–H and O–H groups in total. The van der Waals surface area contributed by atoms with E-state index in [9.17, 15) is 9.90 Å². The number of β-amino-alcohol motifs (C(OH)–C–C–N with tert-alkyl or cyclic N) is 1. The Hall–Kier alpha value is -1.96. The van der Waals surface area contributed by atoms with E-state index in [1.165, 1.54) is 0 Å². The zero-order valence-corrected chi connectivity index (χ0v) is 15.0. The van der Waals surface area contributed by atoms with Gasteiger partial charge in [0, 0.05) is 39.3 Å². The minimum Gasteiger partial charge on any atom is -0.390 e. The molecule has 2 atom stereocenters. The second-order valence-electron chi connectivity index (χ2n) is 7.17. The summed E-state index contributed by atoms with van der Waals surface area (Å²) < 4.78 is 7.50. The van der Waals surface area contributed by atoms with Gasteiger partial charge in [0.1, 0.15) is 6.10 Å².